The average molecular weight is 302 g/mol. The second kappa shape index (κ2) is 6.81. The largest absolute Gasteiger partial charge is 0.445 e. The van der Waals surface area contributed by atoms with Crippen LogP contribution in [0.25, 0.3) is 0 Å². The fourth-order valence-electron chi connectivity index (χ4n) is 2.91. The van der Waals surface area contributed by atoms with Gasteiger partial charge in [0.2, 0.25) is 5.91 Å². The maximum atomic E-state index is 12.3. The van der Waals surface area contributed by atoms with Gasteiger partial charge in [0.25, 0.3) is 0 Å². The predicted octanol–water partition coefficient (Wildman–Crippen LogP) is 2.46. The van der Waals surface area contributed by atoms with Gasteiger partial charge in [-0.1, -0.05) is 30.3 Å². The topological polar surface area (TPSA) is 58.6 Å². The highest BCUT2D eigenvalue weighted by molar-refractivity contribution is 5.86. The number of nitrogens with zero attached hydrogens (tertiary/aromatic N) is 1. The van der Waals surface area contributed by atoms with E-state index in [2.05, 4.69) is 5.32 Å². The average Bonchev–Trinajstić information content (AvgIpc) is 2.99. The second-order valence-electron chi connectivity index (χ2n) is 6.03. The molecule has 1 aliphatic carbocycles. The lowest BCUT2D eigenvalue weighted by Gasteiger charge is -2.30. The molecule has 2 fully saturated rings. The summed E-state index contributed by atoms with van der Waals surface area (Å²) in [6.07, 6.45) is 4.46. The van der Waals surface area contributed by atoms with Crippen molar-refractivity contribution in [3.05, 3.63) is 35.9 Å². The molecule has 2 amide bonds. The van der Waals surface area contributed by atoms with Gasteiger partial charge in [0.1, 0.15) is 12.6 Å². The van der Waals surface area contributed by atoms with Crippen molar-refractivity contribution in [3.8, 4) is 0 Å². The van der Waals surface area contributed by atoms with Gasteiger partial charge in [-0.2, -0.15) is 0 Å². The SMILES string of the molecule is O=C(NC1CCC1)[C@@H]1CCCN1C(=O)OCc1ccccc1. The molecule has 0 radical (unpaired) electrons. The molecule has 118 valence electrons. The number of nitrogens with one attached hydrogen (secondary N) is 1. The van der Waals surface area contributed by atoms with Crippen molar-refractivity contribution in [1.29, 1.82) is 0 Å². The Kier molecular flexibility index (Phi) is 4.61. The Morgan fingerprint density at radius 2 is 1.91 bits per heavy atom. The van der Waals surface area contributed by atoms with E-state index in [4.69, 9.17) is 4.74 Å². The standard InChI is InChI=1S/C17H22N2O3/c20-16(18-14-8-4-9-14)15-10-5-11-19(15)17(21)22-12-13-6-2-1-3-7-13/h1-3,6-7,14-15H,4-5,8-12H2,(H,18,20)/t15-/m0/s1. The number of hydrogen-bond acceptors (Lipinski definition) is 3. The second-order valence-corrected chi connectivity index (χ2v) is 6.03. The molecule has 1 aromatic rings. The molecule has 1 aliphatic heterocycles. The van der Waals surface area contributed by atoms with Crippen molar-refractivity contribution in [2.75, 3.05) is 6.54 Å². The molecule has 1 saturated carbocycles. The van der Waals surface area contributed by atoms with Gasteiger partial charge in [-0.15, -0.1) is 0 Å². The molecule has 1 aromatic carbocycles. The Balaban J connectivity index is 1.52. The van der Waals surface area contributed by atoms with E-state index in [9.17, 15) is 9.59 Å². The molecule has 1 saturated heterocycles. The normalized spacial score (nSPS) is 21.3. The number of carbonyl (C=O) groups is 2. The number of rotatable bonds is 4. The number of ether oxygens (including phenoxy) is 1. The number of amides is 2. The fourth-order valence-corrected chi connectivity index (χ4v) is 2.91. The van der Waals surface area contributed by atoms with Crippen LogP contribution in [0.2, 0.25) is 0 Å². The van der Waals surface area contributed by atoms with Crippen LogP contribution in [0.5, 0.6) is 0 Å². The number of hydrogen-bond donors (Lipinski definition) is 1. The minimum absolute atomic E-state index is 0.0288. The highest BCUT2D eigenvalue weighted by Crippen LogP contribution is 2.22. The smallest absolute Gasteiger partial charge is 0.410 e. The van der Waals surface area contributed by atoms with Gasteiger partial charge in [0.15, 0.2) is 0 Å². The Bertz CT molecular complexity index is 528. The van der Waals surface area contributed by atoms with Crippen LogP contribution in [0.3, 0.4) is 0 Å². The first-order valence-corrected chi connectivity index (χ1v) is 8.02. The van der Waals surface area contributed by atoms with Crippen LogP contribution in [0.4, 0.5) is 4.79 Å². The molecule has 1 atom stereocenters. The zero-order valence-corrected chi connectivity index (χ0v) is 12.7. The summed E-state index contributed by atoms with van der Waals surface area (Å²) in [5.41, 5.74) is 0.950. The third kappa shape index (κ3) is 3.40. The predicted molar refractivity (Wildman–Crippen MR) is 82.1 cm³/mol. The highest BCUT2D eigenvalue weighted by Gasteiger charge is 2.36. The lowest BCUT2D eigenvalue weighted by atomic mass is 9.93. The zero-order valence-electron chi connectivity index (χ0n) is 12.7. The first kappa shape index (κ1) is 14.9. The summed E-state index contributed by atoms with van der Waals surface area (Å²) < 4.78 is 5.34. The van der Waals surface area contributed by atoms with E-state index in [1.54, 1.807) is 4.90 Å². The lowest BCUT2D eigenvalue weighted by molar-refractivity contribution is -0.126. The summed E-state index contributed by atoms with van der Waals surface area (Å²) in [5.74, 6) is -0.0288. The lowest BCUT2D eigenvalue weighted by Crippen LogP contribution is -2.50. The van der Waals surface area contributed by atoms with Crippen LogP contribution < -0.4 is 5.32 Å². The molecule has 0 bridgehead atoms. The van der Waals surface area contributed by atoms with Gasteiger partial charge in [0, 0.05) is 12.6 Å². The van der Waals surface area contributed by atoms with Gasteiger partial charge in [-0.3, -0.25) is 9.69 Å². The van der Waals surface area contributed by atoms with Gasteiger partial charge < -0.3 is 10.1 Å². The molecule has 0 spiro atoms. The molecule has 3 rings (SSSR count). The Labute approximate surface area is 130 Å². The van der Waals surface area contributed by atoms with Crippen molar-refractivity contribution >= 4 is 12.0 Å². The van der Waals surface area contributed by atoms with Crippen molar-refractivity contribution < 1.29 is 14.3 Å². The zero-order chi connectivity index (χ0) is 15.4. The minimum atomic E-state index is -0.393. The molecular weight excluding hydrogens is 280 g/mol. The highest BCUT2D eigenvalue weighted by atomic mass is 16.6. The molecule has 0 unspecified atom stereocenters. The monoisotopic (exact) mass is 302 g/mol. The quantitative estimate of drug-likeness (QED) is 0.929. The van der Waals surface area contributed by atoms with Gasteiger partial charge >= 0.3 is 6.09 Å². The molecule has 5 heteroatoms. The summed E-state index contributed by atoms with van der Waals surface area (Å²) in [7, 11) is 0. The van der Waals surface area contributed by atoms with Crippen molar-refractivity contribution in [2.24, 2.45) is 0 Å². The first-order chi connectivity index (χ1) is 10.7. The van der Waals surface area contributed by atoms with Gasteiger partial charge in [0.05, 0.1) is 0 Å². The summed E-state index contributed by atoms with van der Waals surface area (Å²) in [5, 5.41) is 3.03. The Morgan fingerprint density at radius 3 is 2.59 bits per heavy atom. The molecule has 1 N–H and O–H groups in total. The van der Waals surface area contributed by atoms with E-state index in [0.29, 0.717) is 12.6 Å². The van der Waals surface area contributed by atoms with Crippen molar-refractivity contribution in [1.82, 2.24) is 10.2 Å². The Hall–Kier alpha value is -2.04. The molecule has 2 aliphatic rings. The first-order valence-electron chi connectivity index (χ1n) is 8.02. The third-order valence-corrected chi connectivity index (χ3v) is 4.45. The number of likely N-dealkylation sites (tertiary alicyclic amines) is 1. The fraction of sp³-hybridized carbons (Fsp3) is 0.529. The van der Waals surface area contributed by atoms with E-state index in [1.807, 2.05) is 30.3 Å². The molecule has 1 heterocycles. The van der Waals surface area contributed by atoms with E-state index < -0.39 is 6.09 Å². The van der Waals surface area contributed by atoms with Crippen LogP contribution >= 0.6 is 0 Å². The van der Waals surface area contributed by atoms with E-state index >= 15 is 0 Å². The van der Waals surface area contributed by atoms with Crippen molar-refractivity contribution in [3.63, 3.8) is 0 Å². The summed E-state index contributed by atoms with van der Waals surface area (Å²) in [6.45, 7) is 0.837. The molecule has 0 aromatic heterocycles. The maximum Gasteiger partial charge on any atom is 0.410 e. The summed E-state index contributed by atoms with van der Waals surface area (Å²) in [4.78, 5) is 26.1. The number of benzene rings is 1. The van der Waals surface area contributed by atoms with Gasteiger partial charge in [-0.25, -0.2) is 4.79 Å². The molecular formula is C17H22N2O3. The summed E-state index contributed by atoms with van der Waals surface area (Å²) in [6, 6.07) is 9.50. The van der Waals surface area contributed by atoms with Crippen molar-refractivity contribution in [2.45, 2.75) is 50.8 Å². The van der Waals surface area contributed by atoms with Crippen LogP contribution in [-0.4, -0.2) is 35.5 Å². The van der Waals surface area contributed by atoms with E-state index in [1.165, 1.54) is 6.42 Å². The van der Waals surface area contributed by atoms with Crippen LogP contribution in [-0.2, 0) is 16.1 Å². The van der Waals surface area contributed by atoms with E-state index in [-0.39, 0.29) is 18.6 Å². The molecule has 22 heavy (non-hydrogen) atoms. The third-order valence-electron chi connectivity index (χ3n) is 4.45. The summed E-state index contributed by atoms with van der Waals surface area (Å²) >= 11 is 0. The van der Waals surface area contributed by atoms with E-state index in [0.717, 1.165) is 31.2 Å². The van der Waals surface area contributed by atoms with Gasteiger partial charge in [-0.05, 0) is 37.7 Å². The minimum Gasteiger partial charge on any atom is -0.445 e. The maximum absolute atomic E-state index is 12.3. The number of carbonyl (C=O) groups excluding carboxylic acids is 2. The van der Waals surface area contributed by atoms with Crippen LogP contribution in [0.15, 0.2) is 30.3 Å². The molecule has 5 nitrogen and oxygen atoms in total. The van der Waals surface area contributed by atoms with Crippen LogP contribution in [0, 0.1) is 0 Å². The van der Waals surface area contributed by atoms with Crippen LogP contribution in [0.1, 0.15) is 37.7 Å². The Morgan fingerprint density at radius 1 is 1.14 bits per heavy atom.